The van der Waals surface area contributed by atoms with E-state index in [1.165, 1.54) is 25.1 Å². The molecule has 0 radical (unpaired) electrons. The molecule has 1 fully saturated rings. The van der Waals surface area contributed by atoms with Crippen molar-refractivity contribution < 1.29 is 24.4 Å². The Hall–Kier alpha value is -2.97. The topological polar surface area (TPSA) is 141 Å². The van der Waals surface area contributed by atoms with E-state index in [9.17, 15) is 29.6 Å². The molecule has 0 spiro atoms. The summed E-state index contributed by atoms with van der Waals surface area (Å²) >= 11 is 0. The van der Waals surface area contributed by atoms with Crippen LogP contribution in [0.25, 0.3) is 0 Å². The molecule has 9 heteroatoms. The predicted octanol–water partition coefficient (Wildman–Crippen LogP) is 0.221. The first kappa shape index (κ1) is 18.4. The molecule has 0 aliphatic heterocycles. The van der Waals surface area contributed by atoms with Crippen LogP contribution in [0.3, 0.4) is 0 Å². The van der Waals surface area contributed by atoms with Gasteiger partial charge in [-0.15, -0.1) is 0 Å². The molecule has 2 amide bonds. The number of nitro benzene ring substituents is 1. The van der Waals surface area contributed by atoms with Crippen molar-refractivity contribution in [3.05, 3.63) is 39.4 Å². The molecule has 1 aromatic rings. The highest BCUT2D eigenvalue weighted by Gasteiger charge is 2.32. The highest BCUT2D eigenvalue weighted by molar-refractivity contribution is 5.96. The maximum Gasteiger partial charge on any atom is 0.272 e. The Morgan fingerprint density at radius 2 is 1.76 bits per heavy atom. The standard InChI is InChI=1S/C16H19N3O6/c1-9-8-10(6-7-13(9)19(24)25)14(20)17-18-15(21)11-4-2-3-5-12(11)16(22)23/h6-8,11-12H,2-5H2,1H3,(H,17,20)(H,18,21)(H,22,23)/p-1/t11-,12-/m1/s1. The van der Waals surface area contributed by atoms with Crippen LogP contribution < -0.4 is 16.0 Å². The minimum Gasteiger partial charge on any atom is -0.550 e. The zero-order valence-electron chi connectivity index (χ0n) is 13.6. The minimum atomic E-state index is -1.27. The van der Waals surface area contributed by atoms with E-state index in [1.54, 1.807) is 0 Å². The summed E-state index contributed by atoms with van der Waals surface area (Å²) in [6, 6.07) is 3.82. The largest absolute Gasteiger partial charge is 0.550 e. The van der Waals surface area contributed by atoms with Crippen LogP contribution in [0, 0.1) is 28.9 Å². The smallest absolute Gasteiger partial charge is 0.272 e. The molecule has 0 heterocycles. The number of hydrazine groups is 1. The van der Waals surface area contributed by atoms with E-state index in [-0.39, 0.29) is 11.3 Å². The molecule has 0 saturated heterocycles. The van der Waals surface area contributed by atoms with Crippen LogP contribution in [-0.4, -0.2) is 22.7 Å². The van der Waals surface area contributed by atoms with Gasteiger partial charge in [-0.25, -0.2) is 0 Å². The number of carboxylic acid groups (broad SMARTS) is 1. The zero-order chi connectivity index (χ0) is 18.6. The van der Waals surface area contributed by atoms with Gasteiger partial charge in [0.1, 0.15) is 0 Å². The van der Waals surface area contributed by atoms with Gasteiger partial charge in [-0.2, -0.15) is 0 Å². The molecule has 2 N–H and O–H groups in total. The lowest BCUT2D eigenvalue weighted by Gasteiger charge is -2.31. The van der Waals surface area contributed by atoms with E-state index >= 15 is 0 Å². The second-order valence-electron chi connectivity index (χ2n) is 6.02. The molecule has 1 saturated carbocycles. The highest BCUT2D eigenvalue weighted by atomic mass is 16.6. The molecule has 1 aromatic carbocycles. The third-order valence-electron chi connectivity index (χ3n) is 4.36. The summed E-state index contributed by atoms with van der Waals surface area (Å²) in [7, 11) is 0. The molecule has 1 aliphatic rings. The number of carbonyl (C=O) groups excluding carboxylic acids is 3. The second-order valence-corrected chi connectivity index (χ2v) is 6.02. The van der Waals surface area contributed by atoms with Crippen molar-refractivity contribution in [1.82, 2.24) is 10.9 Å². The van der Waals surface area contributed by atoms with E-state index in [2.05, 4.69) is 10.9 Å². The van der Waals surface area contributed by atoms with Gasteiger partial charge in [-0.3, -0.25) is 30.6 Å². The lowest BCUT2D eigenvalue weighted by atomic mass is 9.79. The SMILES string of the molecule is Cc1cc(C(=O)NNC(=O)[C@@H]2CCCC[C@H]2C(=O)[O-])ccc1[N+](=O)[O-]. The molecule has 134 valence electrons. The minimum absolute atomic E-state index is 0.111. The number of nitrogens with zero attached hydrogens (tertiary/aromatic N) is 1. The Bertz CT molecular complexity index is 718. The van der Waals surface area contributed by atoms with Gasteiger partial charge in [0.25, 0.3) is 11.6 Å². The molecule has 2 rings (SSSR count). The molecule has 0 unspecified atom stereocenters. The number of amides is 2. The summed E-state index contributed by atoms with van der Waals surface area (Å²) in [6.07, 6.45) is 2.24. The van der Waals surface area contributed by atoms with Crippen LogP contribution in [0.2, 0.25) is 0 Å². The fourth-order valence-corrected chi connectivity index (χ4v) is 3.01. The lowest BCUT2D eigenvalue weighted by molar-refractivity contribution is -0.385. The summed E-state index contributed by atoms with van der Waals surface area (Å²) in [4.78, 5) is 45.5. The molecular formula is C16H18N3O6-. The number of carboxylic acids is 1. The molecule has 25 heavy (non-hydrogen) atoms. The molecular weight excluding hydrogens is 330 g/mol. The Morgan fingerprint density at radius 3 is 2.32 bits per heavy atom. The molecule has 1 aliphatic carbocycles. The summed E-state index contributed by atoms with van der Waals surface area (Å²) in [6.45, 7) is 1.50. The van der Waals surface area contributed by atoms with E-state index in [1.807, 2.05) is 0 Å². The van der Waals surface area contributed by atoms with Gasteiger partial charge in [0.2, 0.25) is 5.91 Å². The summed E-state index contributed by atoms with van der Waals surface area (Å²) in [5.74, 6) is -4.12. The number of aliphatic carboxylic acids is 1. The van der Waals surface area contributed by atoms with E-state index in [0.29, 0.717) is 18.4 Å². The van der Waals surface area contributed by atoms with Gasteiger partial charge in [-0.1, -0.05) is 12.8 Å². The quantitative estimate of drug-likeness (QED) is 0.589. The van der Waals surface area contributed by atoms with Crippen LogP contribution >= 0.6 is 0 Å². The van der Waals surface area contributed by atoms with Crippen LogP contribution in [0.15, 0.2) is 18.2 Å². The Kier molecular flexibility index (Phi) is 5.68. The first-order valence-electron chi connectivity index (χ1n) is 7.87. The summed E-state index contributed by atoms with van der Waals surface area (Å²) in [5, 5.41) is 21.9. The second kappa shape index (κ2) is 7.73. The van der Waals surface area contributed by atoms with Crippen molar-refractivity contribution in [3.63, 3.8) is 0 Å². The monoisotopic (exact) mass is 348 g/mol. The average molecular weight is 348 g/mol. The number of aryl methyl sites for hydroxylation is 1. The van der Waals surface area contributed by atoms with E-state index in [4.69, 9.17) is 0 Å². The third kappa shape index (κ3) is 4.31. The number of nitrogens with one attached hydrogen (secondary N) is 2. The average Bonchev–Trinajstić information content (AvgIpc) is 2.58. The van der Waals surface area contributed by atoms with Crippen LogP contribution in [0.5, 0.6) is 0 Å². The van der Waals surface area contributed by atoms with Crippen molar-refractivity contribution in [1.29, 1.82) is 0 Å². The fraction of sp³-hybridized carbons (Fsp3) is 0.438. The van der Waals surface area contributed by atoms with Crippen LogP contribution in [0.4, 0.5) is 5.69 Å². The van der Waals surface area contributed by atoms with Crippen molar-refractivity contribution in [2.45, 2.75) is 32.6 Å². The molecule has 9 nitrogen and oxygen atoms in total. The highest BCUT2D eigenvalue weighted by Crippen LogP contribution is 2.29. The van der Waals surface area contributed by atoms with Crippen LogP contribution in [-0.2, 0) is 9.59 Å². The van der Waals surface area contributed by atoms with Crippen molar-refractivity contribution in [3.8, 4) is 0 Å². The number of rotatable bonds is 4. The number of carbonyl (C=O) groups is 3. The number of nitro groups is 1. The molecule has 2 atom stereocenters. The summed E-state index contributed by atoms with van der Waals surface area (Å²) in [5.41, 5.74) is 4.78. The van der Waals surface area contributed by atoms with Gasteiger partial charge < -0.3 is 9.90 Å². The predicted molar refractivity (Wildman–Crippen MR) is 83.9 cm³/mol. The van der Waals surface area contributed by atoms with E-state index < -0.39 is 34.5 Å². The third-order valence-corrected chi connectivity index (χ3v) is 4.36. The zero-order valence-corrected chi connectivity index (χ0v) is 13.6. The van der Waals surface area contributed by atoms with Gasteiger partial charge in [-0.05, 0) is 31.9 Å². The van der Waals surface area contributed by atoms with Crippen molar-refractivity contribution >= 4 is 23.5 Å². The fourth-order valence-electron chi connectivity index (χ4n) is 3.01. The normalized spacial score (nSPS) is 19.7. The van der Waals surface area contributed by atoms with E-state index in [0.717, 1.165) is 12.8 Å². The lowest BCUT2D eigenvalue weighted by Crippen LogP contribution is -2.49. The first-order chi connectivity index (χ1) is 11.8. The Morgan fingerprint density at radius 1 is 1.12 bits per heavy atom. The van der Waals surface area contributed by atoms with Crippen LogP contribution in [0.1, 0.15) is 41.6 Å². The Labute approximate surface area is 143 Å². The molecule has 0 bridgehead atoms. The van der Waals surface area contributed by atoms with Crippen molar-refractivity contribution in [2.75, 3.05) is 0 Å². The number of benzene rings is 1. The van der Waals surface area contributed by atoms with Gasteiger partial charge in [0, 0.05) is 35.0 Å². The Balaban J connectivity index is 1.99. The van der Waals surface area contributed by atoms with Gasteiger partial charge in [0.05, 0.1) is 4.92 Å². The first-order valence-corrected chi connectivity index (χ1v) is 7.87. The number of hydrogen-bond acceptors (Lipinski definition) is 6. The maximum atomic E-state index is 12.2. The number of hydrogen-bond donors (Lipinski definition) is 2. The summed E-state index contributed by atoms with van der Waals surface area (Å²) < 4.78 is 0. The van der Waals surface area contributed by atoms with Gasteiger partial charge >= 0.3 is 0 Å². The molecule has 0 aromatic heterocycles. The maximum absolute atomic E-state index is 12.2. The van der Waals surface area contributed by atoms with Gasteiger partial charge in [0.15, 0.2) is 0 Å². The van der Waals surface area contributed by atoms with Crippen molar-refractivity contribution in [2.24, 2.45) is 11.8 Å².